The smallest absolute Gasteiger partial charge is 0.159 e. The van der Waals surface area contributed by atoms with Crippen LogP contribution in [0, 0.1) is 0 Å². The first kappa shape index (κ1) is 30.0. The van der Waals surface area contributed by atoms with Gasteiger partial charge in [0.05, 0.1) is 50.2 Å². The van der Waals surface area contributed by atoms with Crippen molar-refractivity contribution in [1.29, 1.82) is 0 Å². The van der Waals surface area contributed by atoms with Crippen LogP contribution in [0.4, 0.5) is 0 Å². The monoisotopic (exact) mass is 702 g/mol. The van der Waals surface area contributed by atoms with E-state index >= 15 is 0 Å². The molecule has 0 spiro atoms. The number of hydrogen-bond donors (Lipinski definition) is 0. The highest BCUT2D eigenvalue weighted by atomic mass is 16.3. The van der Waals surface area contributed by atoms with E-state index in [1.165, 1.54) is 21.5 Å². The summed E-state index contributed by atoms with van der Waals surface area (Å²) in [5.41, 5.74) is 13.8. The highest BCUT2D eigenvalue weighted by Crippen LogP contribution is 2.44. The molecule has 0 unspecified atom stereocenters. The lowest BCUT2D eigenvalue weighted by molar-refractivity contribution is 0.666. The number of fused-ring (bicyclic) bond motifs is 11. The Morgan fingerprint density at radius 2 is 0.927 bits per heavy atom. The van der Waals surface area contributed by atoms with E-state index in [4.69, 9.17) is 14.4 Å². The third kappa shape index (κ3) is 4.35. The van der Waals surface area contributed by atoms with Crippen molar-refractivity contribution in [1.82, 2.24) is 19.1 Å². The molecule has 8 aromatic carbocycles. The second-order valence-corrected chi connectivity index (χ2v) is 14.1. The molecule has 4 aromatic heterocycles. The molecular weight excluding hydrogens is 673 g/mol. The molecule has 0 aliphatic rings. The average Bonchev–Trinajstić information content (AvgIpc) is 3.91. The maximum absolute atomic E-state index is 6.69. The zero-order chi connectivity index (χ0) is 36.0. The molecule has 0 fully saturated rings. The first-order chi connectivity index (χ1) is 27.3. The first-order valence-electron chi connectivity index (χ1n) is 18.6. The molecule has 5 heteroatoms. The summed E-state index contributed by atoms with van der Waals surface area (Å²) in [6, 6.07) is 64.1. The molecule has 0 amide bonds. The quantitative estimate of drug-likeness (QED) is 0.183. The number of benzene rings is 8. The Morgan fingerprint density at radius 1 is 0.382 bits per heavy atom. The number of hydrogen-bond acceptors (Lipinski definition) is 3. The van der Waals surface area contributed by atoms with E-state index in [9.17, 15) is 0 Å². The van der Waals surface area contributed by atoms with Crippen LogP contribution in [0.5, 0.6) is 0 Å². The molecule has 12 rings (SSSR count). The predicted octanol–water partition coefficient (Wildman–Crippen LogP) is 13.1. The van der Waals surface area contributed by atoms with Crippen molar-refractivity contribution < 1.29 is 4.42 Å². The van der Waals surface area contributed by atoms with E-state index in [0.717, 1.165) is 88.9 Å². The molecule has 55 heavy (non-hydrogen) atoms. The lowest BCUT2D eigenvalue weighted by atomic mass is 10.0. The average molecular weight is 703 g/mol. The van der Waals surface area contributed by atoms with Crippen LogP contribution in [0.2, 0.25) is 0 Å². The van der Waals surface area contributed by atoms with Crippen LogP contribution < -0.4 is 0 Å². The van der Waals surface area contributed by atoms with E-state index in [1.807, 2.05) is 36.4 Å². The predicted molar refractivity (Wildman–Crippen MR) is 226 cm³/mol. The van der Waals surface area contributed by atoms with Crippen LogP contribution in [0.25, 0.3) is 110 Å². The minimum atomic E-state index is 0.850. The molecule has 0 saturated carbocycles. The van der Waals surface area contributed by atoms with Gasteiger partial charge in [0.15, 0.2) is 5.58 Å². The van der Waals surface area contributed by atoms with Gasteiger partial charge in [-0.05, 0) is 48.5 Å². The maximum Gasteiger partial charge on any atom is 0.159 e. The van der Waals surface area contributed by atoms with Crippen molar-refractivity contribution in [2.24, 2.45) is 0 Å². The van der Waals surface area contributed by atoms with E-state index in [0.29, 0.717) is 0 Å². The SMILES string of the molecule is c1ccc(-c2nc3ccccc3nc2-c2cccc(-n3c4ccccc4c4ccc5c6ccccc6n(-c6cccc7c6oc6ccccc67)c5c43)c2)cc1. The minimum absolute atomic E-state index is 0.850. The Balaban J connectivity index is 1.20. The van der Waals surface area contributed by atoms with Crippen molar-refractivity contribution in [3.8, 4) is 33.9 Å². The van der Waals surface area contributed by atoms with Crippen molar-refractivity contribution in [2.45, 2.75) is 0 Å². The summed E-state index contributed by atoms with van der Waals surface area (Å²) in [7, 11) is 0. The molecule has 4 heterocycles. The lowest BCUT2D eigenvalue weighted by Crippen LogP contribution is -2.00. The van der Waals surface area contributed by atoms with Crippen LogP contribution in [0.15, 0.2) is 186 Å². The Labute approximate surface area is 315 Å². The summed E-state index contributed by atoms with van der Waals surface area (Å²) in [4.78, 5) is 10.4. The summed E-state index contributed by atoms with van der Waals surface area (Å²) < 4.78 is 11.5. The molecule has 0 aliphatic heterocycles. The van der Waals surface area contributed by atoms with Gasteiger partial charge in [-0.25, -0.2) is 9.97 Å². The van der Waals surface area contributed by atoms with Crippen LogP contribution in [0.1, 0.15) is 0 Å². The van der Waals surface area contributed by atoms with Gasteiger partial charge in [-0.2, -0.15) is 0 Å². The number of nitrogens with zero attached hydrogens (tertiary/aromatic N) is 4. The van der Waals surface area contributed by atoms with Crippen molar-refractivity contribution >= 4 is 76.6 Å². The minimum Gasteiger partial charge on any atom is -0.454 e. The van der Waals surface area contributed by atoms with Gasteiger partial charge in [-0.3, -0.25) is 0 Å². The third-order valence-corrected chi connectivity index (χ3v) is 11.1. The topological polar surface area (TPSA) is 48.8 Å². The van der Waals surface area contributed by atoms with Crippen molar-refractivity contribution in [3.63, 3.8) is 0 Å². The van der Waals surface area contributed by atoms with Crippen molar-refractivity contribution in [2.75, 3.05) is 0 Å². The van der Waals surface area contributed by atoms with Crippen LogP contribution in [-0.2, 0) is 0 Å². The van der Waals surface area contributed by atoms with Gasteiger partial charge in [0.1, 0.15) is 5.58 Å². The molecule has 0 bridgehead atoms. The molecule has 5 nitrogen and oxygen atoms in total. The number of rotatable bonds is 4. The summed E-state index contributed by atoms with van der Waals surface area (Å²) >= 11 is 0. The summed E-state index contributed by atoms with van der Waals surface area (Å²) in [6.07, 6.45) is 0. The fourth-order valence-corrected chi connectivity index (χ4v) is 8.72. The Kier molecular flexibility index (Phi) is 6.27. The molecule has 12 aromatic rings. The zero-order valence-electron chi connectivity index (χ0n) is 29.5. The molecule has 0 atom stereocenters. The van der Waals surface area contributed by atoms with Crippen LogP contribution >= 0.6 is 0 Å². The number of aromatic nitrogens is 4. The van der Waals surface area contributed by atoms with E-state index in [-0.39, 0.29) is 0 Å². The Hall–Kier alpha value is -7.50. The summed E-state index contributed by atoms with van der Waals surface area (Å²) in [5.74, 6) is 0. The molecule has 0 saturated heterocycles. The zero-order valence-corrected chi connectivity index (χ0v) is 29.5. The normalized spacial score (nSPS) is 12.0. The number of para-hydroxylation sites is 6. The lowest BCUT2D eigenvalue weighted by Gasteiger charge is -2.15. The highest BCUT2D eigenvalue weighted by Gasteiger charge is 2.23. The second kappa shape index (κ2) is 11.5. The number of furan rings is 1. The molecule has 0 aliphatic carbocycles. The van der Waals surface area contributed by atoms with Gasteiger partial charge in [0.2, 0.25) is 0 Å². The third-order valence-electron chi connectivity index (χ3n) is 11.1. The van der Waals surface area contributed by atoms with E-state index < -0.39 is 0 Å². The summed E-state index contributed by atoms with van der Waals surface area (Å²) in [6.45, 7) is 0. The van der Waals surface area contributed by atoms with Gasteiger partial charge >= 0.3 is 0 Å². The Morgan fingerprint density at radius 3 is 1.67 bits per heavy atom. The van der Waals surface area contributed by atoms with E-state index in [1.54, 1.807) is 0 Å². The first-order valence-corrected chi connectivity index (χ1v) is 18.6. The van der Waals surface area contributed by atoms with E-state index in [2.05, 4.69) is 155 Å². The second-order valence-electron chi connectivity index (χ2n) is 14.1. The van der Waals surface area contributed by atoms with Gasteiger partial charge in [0.25, 0.3) is 0 Å². The van der Waals surface area contributed by atoms with Crippen LogP contribution in [-0.4, -0.2) is 19.1 Å². The van der Waals surface area contributed by atoms with Gasteiger partial charge in [0, 0.05) is 49.1 Å². The van der Waals surface area contributed by atoms with Gasteiger partial charge in [-0.1, -0.05) is 133 Å². The molecule has 0 N–H and O–H groups in total. The standard InChI is InChI=1S/C50H30N4O/c1-2-14-31(15-3-1)46-47(52-41-23-8-7-22-40(41)51-46)32-16-12-17-33(30-32)53-42-24-9-4-18-34(42)37-28-29-38-35-19-5-10-25-43(35)54(49(38)48(37)53)44-26-13-21-39-36-20-6-11-27-45(36)55-50(39)44/h1-30H. The molecule has 0 radical (unpaired) electrons. The van der Waals surface area contributed by atoms with Gasteiger partial charge in [-0.15, -0.1) is 0 Å². The molecule has 256 valence electrons. The maximum atomic E-state index is 6.69. The fraction of sp³-hybridized carbons (Fsp3) is 0. The van der Waals surface area contributed by atoms with Crippen molar-refractivity contribution in [3.05, 3.63) is 182 Å². The van der Waals surface area contributed by atoms with Crippen LogP contribution in [0.3, 0.4) is 0 Å². The Bertz CT molecular complexity index is 3500. The highest BCUT2D eigenvalue weighted by molar-refractivity contribution is 6.24. The summed E-state index contributed by atoms with van der Waals surface area (Å²) in [5, 5.41) is 6.97. The molecular formula is C50H30N4O. The largest absolute Gasteiger partial charge is 0.454 e. The fourth-order valence-electron chi connectivity index (χ4n) is 8.72. The van der Waals surface area contributed by atoms with Gasteiger partial charge < -0.3 is 13.6 Å².